The van der Waals surface area contributed by atoms with Gasteiger partial charge in [-0.05, 0) is 49.1 Å². The fourth-order valence-electron chi connectivity index (χ4n) is 3.03. The zero-order valence-corrected chi connectivity index (χ0v) is 13.8. The third kappa shape index (κ3) is 4.59. The van der Waals surface area contributed by atoms with E-state index in [0.717, 1.165) is 19.4 Å². The molecule has 1 atom stereocenters. The Morgan fingerprint density at radius 1 is 1.28 bits per heavy atom. The highest BCUT2D eigenvalue weighted by Gasteiger charge is 2.25. The zero-order chi connectivity index (χ0) is 17.6. The highest BCUT2D eigenvalue weighted by molar-refractivity contribution is 5.92. The number of aromatic amines is 1. The Bertz CT molecular complexity index is 732. The van der Waals surface area contributed by atoms with Crippen LogP contribution in [0.3, 0.4) is 0 Å². The molecule has 3 rings (SSSR count). The monoisotopic (exact) mass is 344 g/mol. The number of amides is 3. The van der Waals surface area contributed by atoms with E-state index in [1.54, 1.807) is 24.4 Å². The maximum absolute atomic E-state index is 13.1. The van der Waals surface area contributed by atoms with Gasteiger partial charge in [0.15, 0.2) is 0 Å². The zero-order valence-electron chi connectivity index (χ0n) is 13.8. The van der Waals surface area contributed by atoms with Gasteiger partial charge < -0.3 is 20.5 Å². The lowest BCUT2D eigenvalue weighted by Crippen LogP contribution is -2.44. The number of H-pyrrole nitrogens is 1. The van der Waals surface area contributed by atoms with Gasteiger partial charge in [0, 0.05) is 31.5 Å². The molecule has 0 radical (unpaired) electrons. The molecule has 0 saturated carbocycles. The molecule has 0 unspecified atom stereocenters. The summed E-state index contributed by atoms with van der Waals surface area (Å²) in [5.41, 5.74) is 0.988. The molecule has 3 N–H and O–H groups in total. The van der Waals surface area contributed by atoms with Crippen LogP contribution in [-0.2, 0) is 0 Å². The van der Waals surface area contributed by atoms with Crippen molar-refractivity contribution in [3.05, 3.63) is 54.1 Å². The molecule has 0 aliphatic carbocycles. The predicted molar refractivity (Wildman–Crippen MR) is 92.8 cm³/mol. The van der Waals surface area contributed by atoms with Crippen molar-refractivity contribution in [3.63, 3.8) is 0 Å². The smallest absolute Gasteiger partial charge is 0.319 e. The first-order valence-corrected chi connectivity index (χ1v) is 8.35. The quantitative estimate of drug-likeness (QED) is 0.798. The van der Waals surface area contributed by atoms with E-state index in [1.807, 2.05) is 4.90 Å². The van der Waals surface area contributed by atoms with Crippen molar-refractivity contribution < 1.29 is 14.0 Å². The van der Waals surface area contributed by atoms with E-state index in [-0.39, 0.29) is 17.9 Å². The molecule has 1 aromatic heterocycles. The summed E-state index contributed by atoms with van der Waals surface area (Å²) in [5, 5.41) is 5.40. The molecule has 1 aliphatic rings. The van der Waals surface area contributed by atoms with E-state index in [2.05, 4.69) is 15.6 Å². The largest absolute Gasteiger partial charge is 0.357 e. The molecule has 1 aliphatic heterocycles. The molecule has 6 nitrogen and oxygen atoms in total. The molecule has 3 amide bonds. The summed E-state index contributed by atoms with van der Waals surface area (Å²) in [7, 11) is 0. The van der Waals surface area contributed by atoms with Crippen LogP contribution in [0, 0.1) is 11.7 Å². The van der Waals surface area contributed by atoms with Gasteiger partial charge in [-0.25, -0.2) is 9.18 Å². The molecule has 2 heterocycles. The minimum atomic E-state index is -0.399. The predicted octanol–water partition coefficient (Wildman–Crippen LogP) is 2.83. The lowest BCUT2D eigenvalue weighted by atomic mass is 9.98. The van der Waals surface area contributed by atoms with Crippen molar-refractivity contribution in [2.75, 3.05) is 25.0 Å². The van der Waals surface area contributed by atoms with Crippen LogP contribution in [0.2, 0.25) is 0 Å². The van der Waals surface area contributed by atoms with Gasteiger partial charge in [-0.1, -0.05) is 6.07 Å². The minimum absolute atomic E-state index is 0.0149. The summed E-state index contributed by atoms with van der Waals surface area (Å²) < 4.78 is 13.1. The van der Waals surface area contributed by atoms with E-state index >= 15 is 0 Å². The number of aromatic nitrogens is 1. The molecule has 1 saturated heterocycles. The van der Waals surface area contributed by atoms with Gasteiger partial charge >= 0.3 is 6.03 Å². The Morgan fingerprint density at radius 2 is 2.16 bits per heavy atom. The molecular formula is C18H21FN4O2. The first kappa shape index (κ1) is 17.0. The Kier molecular flexibility index (Phi) is 5.33. The maximum Gasteiger partial charge on any atom is 0.319 e. The van der Waals surface area contributed by atoms with E-state index in [4.69, 9.17) is 0 Å². The number of nitrogens with zero attached hydrogens (tertiary/aromatic N) is 1. The van der Waals surface area contributed by atoms with Crippen molar-refractivity contribution in [1.82, 2.24) is 15.2 Å². The molecule has 25 heavy (non-hydrogen) atoms. The number of carbonyl (C=O) groups is 2. The number of piperidine rings is 1. The number of likely N-dealkylation sites (tertiary alicyclic amines) is 1. The lowest BCUT2D eigenvalue weighted by Gasteiger charge is -2.32. The van der Waals surface area contributed by atoms with E-state index in [0.29, 0.717) is 24.5 Å². The molecule has 7 heteroatoms. The first-order chi connectivity index (χ1) is 12.1. The Balaban J connectivity index is 1.48. The van der Waals surface area contributed by atoms with Crippen molar-refractivity contribution >= 4 is 17.6 Å². The summed E-state index contributed by atoms with van der Waals surface area (Å²) in [6.07, 6.45) is 3.59. The van der Waals surface area contributed by atoms with Gasteiger partial charge in [-0.15, -0.1) is 0 Å². The third-order valence-corrected chi connectivity index (χ3v) is 4.27. The number of carbonyl (C=O) groups excluding carboxylic acids is 2. The van der Waals surface area contributed by atoms with Crippen LogP contribution in [0.1, 0.15) is 23.3 Å². The van der Waals surface area contributed by atoms with Crippen LogP contribution in [0.4, 0.5) is 14.9 Å². The SMILES string of the molecule is O=C(NC[C@@H]1CCCN(C(=O)c2ccc[nH]2)C1)Nc1cccc(F)c1. The summed E-state index contributed by atoms with van der Waals surface area (Å²) in [6, 6.07) is 8.93. The second-order valence-corrected chi connectivity index (χ2v) is 6.19. The number of rotatable bonds is 4. The first-order valence-electron chi connectivity index (χ1n) is 8.35. The van der Waals surface area contributed by atoms with Crippen molar-refractivity contribution in [3.8, 4) is 0 Å². The molecule has 0 spiro atoms. The van der Waals surface area contributed by atoms with Gasteiger partial charge in [0.25, 0.3) is 5.91 Å². The minimum Gasteiger partial charge on any atom is -0.357 e. The number of urea groups is 1. The summed E-state index contributed by atoms with van der Waals surface area (Å²) in [5.74, 6) is -0.214. The highest BCUT2D eigenvalue weighted by Crippen LogP contribution is 2.18. The summed E-state index contributed by atoms with van der Waals surface area (Å²) >= 11 is 0. The van der Waals surface area contributed by atoms with E-state index < -0.39 is 5.82 Å². The van der Waals surface area contributed by atoms with E-state index in [9.17, 15) is 14.0 Å². The van der Waals surface area contributed by atoms with Gasteiger partial charge in [-0.2, -0.15) is 0 Å². The van der Waals surface area contributed by atoms with Gasteiger partial charge in [0.2, 0.25) is 0 Å². The fourth-order valence-corrected chi connectivity index (χ4v) is 3.03. The highest BCUT2D eigenvalue weighted by atomic mass is 19.1. The van der Waals surface area contributed by atoms with Crippen LogP contribution in [0.25, 0.3) is 0 Å². The standard InChI is InChI=1S/C18H21FN4O2/c19-14-5-1-6-15(10-14)22-18(25)21-11-13-4-3-9-23(12-13)17(24)16-7-2-8-20-16/h1-2,5-8,10,13,20H,3-4,9,11-12H2,(H2,21,22,25)/t13-/m0/s1. The van der Waals surface area contributed by atoms with Crippen LogP contribution in [0.5, 0.6) is 0 Å². The molecule has 0 bridgehead atoms. The third-order valence-electron chi connectivity index (χ3n) is 4.27. The van der Waals surface area contributed by atoms with Crippen LogP contribution < -0.4 is 10.6 Å². The molecule has 1 aromatic carbocycles. The average Bonchev–Trinajstić information content (AvgIpc) is 3.14. The van der Waals surface area contributed by atoms with Crippen molar-refractivity contribution in [1.29, 1.82) is 0 Å². The number of benzene rings is 1. The normalized spacial score (nSPS) is 17.2. The van der Waals surface area contributed by atoms with Gasteiger partial charge in [0.05, 0.1) is 0 Å². The second kappa shape index (κ2) is 7.83. The van der Waals surface area contributed by atoms with Crippen LogP contribution in [-0.4, -0.2) is 41.5 Å². The average molecular weight is 344 g/mol. The van der Waals surface area contributed by atoms with Crippen LogP contribution in [0.15, 0.2) is 42.6 Å². The molecule has 2 aromatic rings. The Hall–Kier alpha value is -2.83. The second-order valence-electron chi connectivity index (χ2n) is 6.19. The number of anilines is 1. The fraction of sp³-hybridized carbons (Fsp3) is 0.333. The Labute approximate surface area is 145 Å². The molecule has 132 valence electrons. The maximum atomic E-state index is 13.1. The van der Waals surface area contributed by atoms with E-state index in [1.165, 1.54) is 18.2 Å². The Morgan fingerprint density at radius 3 is 2.92 bits per heavy atom. The lowest BCUT2D eigenvalue weighted by molar-refractivity contribution is 0.0670. The number of hydrogen-bond acceptors (Lipinski definition) is 2. The van der Waals surface area contributed by atoms with Crippen molar-refractivity contribution in [2.45, 2.75) is 12.8 Å². The number of hydrogen-bond donors (Lipinski definition) is 3. The topological polar surface area (TPSA) is 77.2 Å². The summed E-state index contributed by atoms with van der Waals surface area (Å²) in [4.78, 5) is 29.1. The summed E-state index contributed by atoms with van der Waals surface area (Å²) in [6.45, 7) is 1.80. The van der Waals surface area contributed by atoms with Gasteiger partial charge in [-0.3, -0.25) is 4.79 Å². The number of halogens is 1. The van der Waals surface area contributed by atoms with Gasteiger partial charge in [0.1, 0.15) is 11.5 Å². The number of nitrogens with one attached hydrogen (secondary N) is 3. The van der Waals surface area contributed by atoms with Crippen LogP contribution >= 0.6 is 0 Å². The molecule has 1 fully saturated rings. The molecular weight excluding hydrogens is 323 g/mol. The van der Waals surface area contributed by atoms with Crippen molar-refractivity contribution in [2.24, 2.45) is 5.92 Å².